The molecule has 0 atom stereocenters. The zero-order chi connectivity index (χ0) is 13.0. The number of nitrogens with zero attached hydrogens (tertiary/aromatic N) is 2. The molecule has 0 saturated carbocycles. The number of aliphatic imine (C=N–C) groups is 1. The summed E-state index contributed by atoms with van der Waals surface area (Å²) in [6, 6.07) is 7.96. The van der Waals surface area contributed by atoms with E-state index in [2.05, 4.69) is 20.9 Å². The van der Waals surface area contributed by atoms with Gasteiger partial charge in [-0.2, -0.15) is 0 Å². The average molecular weight is 326 g/mol. The van der Waals surface area contributed by atoms with E-state index in [1.807, 2.05) is 29.2 Å². The average Bonchev–Trinajstić information content (AvgIpc) is 2.60. The summed E-state index contributed by atoms with van der Waals surface area (Å²) in [5.74, 6) is 0.988. The molecule has 0 radical (unpaired) electrons. The van der Waals surface area contributed by atoms with E-state index in [1.165, 1.54) is 6.42 Å². The van der Waals surface area contributed by atoms with Crippen LogP contribution in [0, 0.1) is 0 Å². The minimum atomic E-state index is 0.359. The highest BCUT2D eigenvalue weighted by atomic mass is 79.9. The second-order valence-electron chi connectivity index (χ2n) is 4.26. The van der Waals surface area contributed by atoms with E-state index >= 15 is 0 Å². The Morgan fingerprint density at radius 2 is 1.94 bits per heavy atom. The van der Waals surface area contributed by atoms with Gasteiger partial charge in [0.1, 0.15) is 5.84 Å². The van der Waals surface area contributed by atoms with Crippen LogP contribution in [0.1, 0.15) is 25.7 Å². The quantitative estimate of drug-likeness (QED) is 0.804. The molecule has 1 heterocycles. The predicted molar refractivity (Wildman–Crippen MR) is 84.2 cm³/mol. The molecular weight excluding hydrogens is 310 g/mol. The van der Waals surface area contributed by atoms with Gasteiger partial charge >= 0.3 is 0 Å². The van der Waals surface area contributed by atoms with Gasteiger partial charge in [-0.3, -0.25) is 9.89 Å². The van der Waals surface area contributed by atoms with Crippen molar-refractivity contribution in [1.82, 2.24) is 0 Å². The molecule has 1 aliphatic rings. The van der Waals surface area contributed by atoms with Crippen molar-refractivity contribution in [3.05, 3.63) is 28.7 Å². The van der Waals surface area contributed by atoms with E-state index in [0.29, 0.717) is 5.11 Å². The summed E-state index contributed by atoms with van der Waals surface area (Å²) in [5.41, 5.74) is 6.83. The number of nitrogens with two attached hydrogens (primary N) is 1. The molecule has 96 valence electrons. The van der Waals surface area contributed by atoms with Crippen LogP contribution in [-0.4, -0.2) is 17.5 Å². The van der Waals surface area contributed by atoms with Gasteiger partial charge in [-0.15, -0.1) is 0 Å². The number of halogens is 1. The van der Waals surface area contributed by atoms with Crippen molar-refractivity contribution in [3.63, 3.8) is 0 Å². The van der Waals surface area contributed by atoms with Crippen LogP contribution in [0.25, 0.3) is 0 Å². The molecule has 2 rings (SSSR count). The summed E-state index contributed by atoms with van der Waals surface area (Å²) in [4.78, 5) is 6.49. The van der Waals surface area contributed by atoms with E-state index in [0.717, 1.165) is 41.8 Å². The molecule has 5 heteroatoms. The monoisotopic (exact) mass is 325 g/mol. The molecule has 0 amide bonds. The molecule has 0 bridgehead atoms. The van der Waals surface area contributed by atoms with Gasteiger partial charge in [0.15, 0.2) is 5.11 Å². The number of benzene rings is 1. The first-order valence-corrected chi connectivity index (χ1v) is 7.27. The zero-order valence-corrected chi connectivity index (χ0v) is 12.5. The lowest BCUT2D eigenvalue weighted by atomic mass is 10.2. The molecule has 1 aromatic rings. The predicted octanol–water partition coefficient (Wildman–Crippen LogP) is 3.47. The van der Waals surface area contributed by atoms with Crippen LogP contribution in [0.3, 0.4) is 0 Å². The number of thiocarbonyl (C=S) groups is 1. The van der Waals surface area contributed by atoms with Gasteiger partial charge in [0, 0.05) is 23.1 Å². The lowest BCUT2D eigenvalue weighted by Gasteiger charge is -2.24. The van der Waals surface area contributed by atoms with E-state index in [4.69, 9.17) is 18.0 Å². The fourth-order valence-electron chi connectivity index (χ4n) is 2.04. The summed E-state index contributed by atoms with van der Waals surface area (Å²) in [6.45, 7) is 0.866. The van der Waals surface area contributed by atoms with Crippen molar-refractivity contribution < 1.29 is 0 Å². The number of hydrogen-bond acceptors (Lipinski definition) is 2. The van der Waals surface area contributed by atoms with Gasteiger partial charge < -0.3 is 5.73 Å². The highest BCUT2D eigenvalue weighted by Crippen LogP contribution is 2.21. The second-order valence-corrected chi connectivity index (χ2v) is 5.59. The summed E-state index contributed by atoms with van der Waals surface area (Å²) < 4.78 is 1.04. The molecule has 3 nitrogen and oxygen atoms in total. The Bertz CT molecular complexity index is 456. The first-order chi connectivity index (χ1) is 8.68. The van der Waals surface area contributed by atoms with Crippen molar-refractivity contribution >= 4 is 44.8 Å². The van der Waals surface area contributed by atoms with Crippen LogP contribution in [-0.2, 0) is 0 Å². The Kier molecular flexibility index (Phi) is 4.72. The second kappa shape index (κ2) is 6.29. The summed E-state index contributed by atoms with van der Waals surface area (Å²) in [5, 5.41) is 0.359. The molecule has 0 aromatic heterocycles. The van der Waals surface area contributed by atoms with E-state index in [9.17, 15) is 0 Å². The van der Waals surface area contributed by atoms with Crippen LogP contribution in [0.5, 0.6) is 0 Å². The third-order valence-corrected chi connectivity index (χ3v) is 3.63. The van der Waals surface area contributed by atoms with E-state index in [1.54, 1.807) is 0 Å². The van der Waals surface area contributed by atoms with Gasteiger partial charge in [0.05, 0.1) is 0 Å². The van der Waals surface area contributed by atoms with Gasteiger partial charge in [0.2, 0.25) is 0 Å². The van der Waals surface area contributed by atoms with Crippen LogP contribution < -0.4 is 10.6 Å². The third-order valence-electron chi connectivity index (χ3n) is 2.92. The molecule has 2 N–H and O–H groups in total. The largest absolute Gasteiger partial charge is 0.376 e. The summed E-state index contributed by atoms with van der Waals surface area (Å²) in [7, 11) is 0. The summed E-state index contributed by atoms with van der Waals surface area (Å²) >= 11 is 8.60. The molecule has 1 aliphatic heterocycles. The minimum absolute atomic E-state index is 0.359. The number of rotatable bonds is 1. The Balaban J connectivity index is 2.30. The Morgan fingerprint density at radius 3 is 2.61 bits per heavy atom. The van der Waals surface area contributed by atoms with Crippen molar-refractivity contribution in [1.29, 1.82) is 0 Å². The zero-order valence-electron chi connectivity index (χ0n) is 10.1. The normalized spacial score (nSPS) is 15.7. The molecule has 0 aliphatic carbocycles. The maximum atomic E-state index is 5.85. The number of amidine groups is 1. The van der Waals surface area contributed by atoms with E-state index in [-0.39, 0.29) is 0 Å². The molecule has 0 fully saturated rings. The highest BCUT2D eigenvalue weighted by Gasteiger charge is 2.17. The maximum Gasteiger partial charge on any atom is 0.176 e. The lowest BCUT2D eigenvalue weighted by molar-refractivity contribution is 0.731. The SMILES string of the molecule is NC(=S)N(C1=NCCCCC1)c1ccc(Br)cc1. The van der Waals surface area contributed by atoms with Crippen molar-refractivity contribution in [2.75, 3.05) is 11.4 Å². The molecular formula is C13H16BrN3S. The fourth-order valence-corrected chi connectivity index (χ4v) is 2.51. The minimum Gasteiger partial charge on any atom is -0.376 e. The lowest BCUT2D eigenvalue weighted by Crippen LogP contribution is -2.40. The Hall–Kier alpha value is -0.940. The molecule has 0 spiro atoms. The van der Waals surface area contributed by atoms with Crippen molar-refractivity contribution in [2.45, 2.75) is 25.7 Å². The summed E-state index contributed by atoms with van der Waals surface area (Å²) in [6.07, 6.45) is 4.45. The van der Waals surface area contributed by atoms with E-state index < -0.39 is 0 Å². The van der Waals surface area contributed by atoms with Crippen LogP contribution in [0.2, 0.25) is 0 Å². The van der Waals surface area contributed by atoms with Gasteiger partial charge in [-0.05, 0) is 49.3 Å². The first-order valence-electron chi connectivity index (χ1n) is 6.07. The standard InChI is InChI=1S/C13H16BrN3S/c14-10-5-7-11(8-6-10)17(13(15)18)12-4-2-1-3-9-16-12/h5-8H,1-4,9H2,(H2,15,18). The molecule has 1 aromatic carbocycles. The fraction of sp³-hybridized carbons (Fsp3) is 0.385. The van der Waals surface area contributed by atoms with Crippen LogP contribution >= 0.6 is 28.1 Å². The highest BCUT2D eigenvalue weighted by molar-refractivity contribution is 9.10. The molecule has 0 unspecified atom stereocenters. The van der Waals surface area contributed by atoms with Gasteiger partial charge in [-0.1, -0.05) is 22.4 Å². The molecule has 18 heavy (non-hydrogen) atoms. The molecule has 0 saturated heterocycles. The smallest absolute Gasteiger partial charge is 0.176 e. The third kappa shape index (κ3) is 3.29. The van der Waals surface area contributed by atoms with Crippen LogP contribution in [0.4, 0.5) is 5.69 Å². The van der Waals surface area contributed by atoms with Crippen LogP contribution in [0.15, 0.2) is 33.7 Å². The Labute approximate surface area is 121 Å². The van der Waals surface area contributed by atoms with Crippen molar-refractivity contribution in [2.24, 2.45) is 10.7 Å². The van der Waals surface area contributed by atoms with Crippen molar-refractivity contribution in [3.8, 4) is 0 Å². The Morgan fingerprint density at radius 1 is 1.22 bits per heavy atom. The topological polar surface area (TPSA) is 41.6 Å². The van der Waals surface area contributed by atoms with Gasteiger partial charge in [0.25, 0.3) is 0 Å². The van der Waals surface area contributed by atoms with Gasteiger partial charge in [-0.25, -0.2) is 0 Å². The maximum absolute atomic E-state index is 5.85. The number of anilines is 1. The number of hydrogen-bond donors (Lipinski definition) is 1. The first kappa shape index (κ1) is 13.5.